The van der Waals surface area contributed by atoms with Gasteiger partial charge in [0.25, 0.3) is 0 Å². The summed E-state index contributed by atoms with van der Waals surface area (Å²) in [6.07, 6.45) is 1.62. The third kappa shape index (κ3) is 3.51. The van der Waals surface area contributed by atoms with E-state index >= 15 is 0 Å². The van der Waals surface area contributed by atoms with E-state index < -0.39 is 8.07 Å². The van der Waals surface area contributed by atoms with Gasteiger partial charge in [-0.15, -0.1) is 0 Å². The maximum absolute atomic E-state index is 13.7. The van der Waals surface area contributed by atoms with Gasteiger partial charge in [-0.05, 0) is 23.8 Å². The lowest BCUT2D eigenvalue weighted by molar-refractivity contribution is 0.415. The van der Waals surface area contributed by atoms with Crippen LogP contribution >= 0.6 is 0 Å². The number of halogens is 1. The normalized spacial score (nSPS) is 12.7. The summed E-state index contributed by atoms with van der Waals surface area (Å²) in [5.74, 6) is 0.792. The lowest BCUT2D eigenvalue weighted by Crippen LogP contribution is -2.20. The molecule has 0 saturated heterocycles. The third-order valence-electron chi connectivity index (χ3n) is 2.13. The van der Waals surface area contributed by atoms with Crippen molar-refractivity contribution < 1.29 is 9.13 Å². The predicted molar refractivity (Wildman–Crippen MR) is 65.4 cm³/mol. The van der Waals surface area contributed by atoms with Crippen LogP contribution in [0.1, 0.15) is 5.56 Å². The van der Waals surface area contributed by atoms with Crippen LogP contribution in [0.4, 0.5) is 4.39 Å². The molecule has 0 aliphatic carbocycles. The first-order valence-corrected chi connectivity index (χ1v) is 8.45. The first kappa shape index (κ1) is 12.0. The van der Waals surface area contributed by atoms with Gasteiger partial charge in [-0.2, -0.15) is 0 Å². The first-order valence-electron chi connectivity index (χ1n) is 4.95. The average Bonchev–Trinajstić information content (AvgIpc) is 2.17. The van der Waals surface area contributed by atoms with Gasteiger partial charge in [-0.25, -0.2) is 4.39 Å². The Labute approximate surface area is 91.6 Å². The predicted octanol–water partition coefficient (Wildman–Crippen LogP) is 3.88. The van der Waals surface area contributed by atoms with Gasteiger partial charge >= 0.3 is 0 Å². The molecular formula is C12H17FOSi. The molecule has 1 rings (SSSR count). The summed E-state index contributed by atoms with van der Waals surface area (Å²) in [6, 6.07) is 7.39. The van der Waals surface area contributed by atoms with Gasteiger partial charge in [-0.1, -0.05) is 31.8 Å². The molecule has 0 radical (unpaired) electrons. The zero-order valence-electron chi connectivity index (χ0n) is 9.67. The van der Waals surface area contributed by atoms with E-state index in [2.05, 4.69) is 0 Å². The van der Waals surface area contributed by atoms with Crippen molar-refractivity contribution >= 4 is 14.1 Å². The van der Waals surface area contributed by atoms with Crippen LogP contribution in [0.5, 0.6) is 5.75 Å². The molecule has 3 heteroatoms. The average molecular weight is 224 g/mol. The summed E-state index contributed by atoms with van der Waals surface area (Å²) in [7, 11) is -0.184. The monoisotopic (exact) mass is 224 g/mol. The van der Waals surface area contributed by atoms with Gasteiger partial charge in [0.1, 0.15) is 13.8 Å². The van der Waals surface area contributed by atoms with Crippen LogP contribution in [0.3, 0.4) is 0 Å². The molecule has 0 fully saturated rings. The largest absolute Gasteiger partial charge is 0.497 e. The minimum absolute atomic E-state index is 0.0210. The number of benzene rings is 1. The number of hydrogen-bond donors (Lipinski definition) is 0. The highest BCUT2D eigenvalue weighted by molar-refractivity contribution is 6.83. The van der Waals surface area contributed by atoms with Crippen molar-refractivity contribution in [2.75, 3.05) is 7.11 Å². The standard InChI is InChI=1S/C12H17FOSi/c1-14-11-7-5-10(6-8-11)9-12(13)15(2,3)4/h5-9H,1-4H3/b12-9+. The zero-order valence-corrected chi connectivity index (χ0v) is 10.7. The van der Waals surface area contributed by atoms with Crippen LogP contribution < -0.4 is 4.74 Å². The highest BCUT2D eigenvalue weighted by Gasteiger charge is 2.19. The quantitative estimate of drug-likeness (QED) is 0.708. The lowest BCUT2D eigenvalue weighted by Gasteiger charge is -2.12. The number of ether oxygens (including phenoxy) is 1. The van der Waals surface area contributed by atoms with E-state index in [9.17, 15) is 4.39 Å². The molecule has 1 nitrogen and oxygen atoms in total. The Kier molecular flexibility index (Phi) is 3.69. The minimum Gasteiger partial charge on any atom is -0.497 e. The topological polar surface area (TPSA) is 9.23 Å². The second kappa shape index (κ2) is 4.62. The maximum Gasteiger partial charge on any atom is 0.118 e. The Bertz CT molecular complexity index is 349. The van der Waals surface area contributed by atoms with Crippen LogP contribution in [-0.4, -0.2) is 15.2 Å². The Morgan fingerprint density at radius 2 is 1.73 bits per heavy atom. The summed E-state index contributed by atoms with van der Waals surface area (Å²) in [5.41, 5.74) is 0.906. The Balaban J connectivity index is 2.89. The van der Waals surface area contributed by atoms with Crippen LogP contribution in [-0.2, 0) is 0 Å². The number of methoxy groups -OCH3 is 1. The molecule has 15 heavy (non-hydrogen) atoms. The number of hydrogen-bond acceptors (Lipinski definition) is 1. The lowest BCUT2D eigenvalue weighted by atomic mass is 10.2. The fourth-order valence-electron chi connectivity index (χ4n) is 1.06. The molecule has 0 saturated carbocycles. The Hall–Kier alpha value is -1.09. The molecule has 1 aromatic rings. The molecule has 0 aliphatic heterocycles. The Morgan fingerprint density at radius 3 is 2.13 bits per heavy atom. The van der Waals surface area contributed by atoms with E-state index in [0.717, 1.165) is 11.3 Å². The maximum atomic E-state index is 13.7. The molecule has 0 N–H and O–H groups in total. The van der Waals surface area contributed by atoms with Gasteiger partial charge in [0.2, 0.25) is 0 Å². The van der Waals surface area contributed by atoms with Crippen molar-refractivity contribution in [3.8, 4) is 5.75 Å². The first-order chi connectivity index (χ1) is 6.93. The van der Waals surface area contributed by atoms with Gasteiger partial charge < -0.3 is 4.74 Å². The van der Waals surface area contributed by atoms with Crippen molar-refractivity contribution in [2.24, 2.45) is 0 Å². The van der Waals surface area contributed by atoms with Crippen molar-refractivity contribution in [3.63, 3.8) is 0 Å². The molecule has 0 aliphatic rings. The van der Waals surface area contributed by atoms with Crippen LogP contribution in [0.15, 0.2) is 29.7 Å². The van der Waals surface area contributed by atoms with Crippen LogP contribution in [0, 0.1) is 0 Å². The van der Waals surface area contributed by atoms with Gasteiger partial charge in [0, 0.05) is 0 Å². The molecule has 1 aromatic carbocycles. The number of rotatable bonds is 3. The van der Waals surface area contributed by atoms with Gasteiger partial charge in [-0.3, -0.25) is 0 Å². The van der Waals surface area contributed by atoms with Crippen molar-refractivity contribution in [1.29, 1.82) is 0 Å². The van der Waals surface area contributed by atoms with E-state index in [4.69, 9.17) is 4.74 Å². The van der Waals surface area contributed by atoms with E-state index in [-0.39, 0.29) is 5.45 Å². The summed E-state index contributed by atoms with van der Waals surface area (Å²) in [6.45, 7) is 5.97. The second-order valence-corrected chi connectivity index (χ2v) is 9.49. The fraction of sp³-hybridized carbons (Fsp3) is 0.333. The summed E-state index contributed by atoms with van der Waals surface area (Å²) < 4.78 is 18.7. The molecule has 0 aromatic heterocycles. The van der Waals surface area contributed by atoms with Gasteiger partial charge in [0.15, 0.2) is 0 Å². The molecule has 0 heterocycles. The fourth-order valence-corrected chi connectivity index (χ4v) is 1.66. The van der Waals surface area contributed by atoms with Gasteiger partial charge in [0.05, 0.1) is 12.6 Å². The van der Waals surface area contributed by atoms with Crippen LogP contribution in [0.2, 0.25) is 19.6 Å². The molecular weight excluding hydrogens is 207 g/mol. The summed E-state index contributed by atoms with van der Waals surface area (Å²) >= 11 is 0. The Morgan fingerprint density at radius 1 is 1.20 bits per heavy atom. The smallest absolute Gasteiger partial charge is 0.118 e. The highest BCUT2D eigenvalue weighted by atomic mass is 28.3. The minimum atomic E-state index is -1.80. The highest BCUT2D eigenvalue weighted by Crippen LogP contribution is 2.20. The van der Waals surface area contributed by atoms with E-state index in [0.29, 0.717) is 0 Å². The zero-order chi connectivity index (χ0) is 11.5. The molecule has 0 spiro atoms. The van der Waals surface area contributed by atoms with E-state index in [1.54, 1.807) is 13.2 Å². The van der Waals surface area contributed by atoms with Crippen LogP contribution in [0.25, 0.3) is 6.08 Å². The SMILES string of the molecule is COc1ccc(/C=C(\F)[Si](C)(C)C)cc1. The van der Waals surface area contributed by atoms with E-state index in [1.807, 2.05) is 43.9 Å². The third-order valence-corrected chi connectivity index (χ3v) is 3.70. The molecule has 82 valence electrons. The molecule has 0 atom stereocenters. The van der Waals surface area contributed by atoms with Crippen molar-refractivity contribution in [3.05, 3.63) is 35.3 Å². The van der Waals surface area contributed by atoms with Crippen molar-refractivity contribution in [2.45, 2.75) is 19.6 Å². The second-order valence-electron chi connectivity index (χ2n) is 4.52. The van der Waals surface area contributed by atoms with Crippen molar-refractivity contribution in [1.82, 2.24) is 0 Å². The summed E-state index contributed by atoms with van der Waals surface area (Å²) in [4.78, 5) is 0. The molecule has 0 bridgehead atoms. The van der Waals surface area contributed by atoms with E-state index in [1.165, 1.54) is 0 Å². The molecule has 0 amide bonds. The summed E-state index contributed by atoms with van der Waals surface area (Å²) in [5, 5.41) is 0. The molecule has 0 unspecified atom stereocenters.